The third-order valence-corrected chi connectivity index (χ3v) is 4.77. The maximum absolute atomic E-state index is 12.8. The molecule has 26 heavy (non-hydrogen) atoms. The van der Waals surface area contributed by atoms with Gasteiger partial charge in [-0.1, -0.05) is 23.7 Å². The van der Waals surface area contributed by atoms with E-state index in [0.717, 1.165) is 5.69 Å². The number of rotatable bonds is 3. The molecule has 0 aromatic heterocycles. The van der Waals surface area contributed by atoms with Gasteiger partial charge in [-0.25, -0.2) is 0 Å². The van der Waals surface area contributed by atoms with Gasteiger partial charge in [0.1, 0.15) is 0 Å². The third kappa shape index (κ3) is 3.99. The summed E-state index contributed by atoms with van der Waals surface area (Å²) in [6.07, 6.45) is 0. The van der Waals surface area contributed by atoms with Crippen LogP contribution in [0.5, 0.6) is 0 Å². The minimum absolute atomic E-state index is 0.00329. The van der Waals surface area contributed by atoms with Crippen LogP contribution >= 0.6 is 11.6 Å². The Morgan fingerprint density at radius 2 is 1.35 bits per heavy atom. The second-order valence-electron chi connectivity index (χ2n) is 6.54. The van der Waals surface area contributed by atoms with E-state index in [-0.39, 0.29) is 11.8 Å². The van der Waals surface area contributed by atoms with Gasteiger partial charge in [0.2, 0.25) is 0 Å². The van der Waals surface area contributed by atoms with Crippen LogP contribution in [0.25, 0.3) is 0 Å². The van der Waals surface area contributed by atoms with E-state index in [9.17, 15) is 9.59 Å². The lowest BCUT2D eigenvalue weighted by Crippen LogP contribution is -2.50. The van der Waals surface area contributed by atoms with Gasteiger partial charge >= 0.3 is 0 Å². The normalized spacial score (nSPS) is 14.3. The minimum Gasteiger partial charge on any atom is -0.378 e. The van der Waals surface area contributed by atoms with E-state index in [1.54, 1.807) is 34.1 Å². The molecule has 1 fully saturated rings. The second-order valence-corrected chi connectivity index (χ2v) is 6.98. The van der Waals surface area contributed by atoms with Gasteiger partial charge in [0.05, 0.1) is 0 Å². The first-order chi connectivity index (χ1) is 12.5. The Hall–Kier alpha value is -2.53. The molecule has 0 radical (unpaired) electrons. The van der Waals surface area contributed by atoms with Crippen LogP contribution in [-0.4, -0.2) is 61.9 Å². The summed E-state index contributed by atoms with van der Waals surface area (Å²) < 4.78 is 0. The molecule has 0 saturated carbocycles. The Balaban J connectivity index is 1.64. The number of halogens is 1. The van der Waals surface area contributed by atoms with Crippen molar-refractivity contribution in [2.45, 2.75) is 0 Å². The van der Waals surface area contributed by atoms with E-state index in [2.05, 4.69) is 0 Å². The molecular formula is C20H22ClN3O2. The Bertz CT molecular complexity index is 814. The van der Waals surface area contributed by atoms with Crippen molar-refractivity contribution in [3.05, 3.63) is 64.7 Å². The van der Waals surface area contributed by atoms with Gasteiger partial charge in [0, 0.05) is 62.1 Å². The first-order valence-corrected chi connectivity index (χ1v) is 8.95. The molecule has 1 aliphatic rings. The largest absolute Gasteiger partial charge is 0.378 e. The molecule has 1 heterocycles. The number of nitrogens with zero attached hydrogens (tertiary/aromatic N) is 3. The summed E-state index contributed by atoms with van der Waals surface area (Å²) in [5.74, 6) is -0.0437. The molecule has 0 unspecified atom stereocenters. The van der Waals surface area contributed by atoms with E-state index in [0.29, 0.717) is 42.3 Å². The van der Waals surface area contributed by atoms with Crippen molar-refractivity contribution >= 4 is 29.1 Å². The van der Waals surface area contributed by atoms with Gasteiger partial charge in [0.25, 0.3) is 11.8 Å². The lowest BCUT2D eigenvalue weighted by molar-refractivity contribution is 0.0535. The van der Waals surface area contributed by atoms with E-state index in [1.807, 2.05) is 43.3 Å². The fourth-order valence-corrected chi connectivity index (χ4v) is 3.21. The van der Waals surface area contributed by atoms with Crippen LogP contribution < -0.4 is 4.90 Å². The van der Waals surface area contributed by atoms with Gasteiger partial charge < -0.3 is 14.7 Å². The molecule has 1 aliphatic heterocycles. The molecule has 6 heteroatoms. The van der Waals surface area contributed by atoms with Gasteiger partial charge in [-0.2, -0.15) is 0 Å². The second kappa shape index (κ2) is 7.79. The molecule has 0 bridgehead atoms. The zero-order valence-corrected chi connectivity index (χ0v) is 15.7. The molecule has 2 aromatic rings. The molecule has 0 atom stereocenters. The summed E-state index contributed by atoms with van der Waals surface area (Å²) in [5.41, 5.74) is 2.24. The maximum Gasteiger partial charge on any atom is 0.254 e. The van der Waals surface area contributed by atoms with Gasteiger partial charge in [-0.15, -0.1) is 0 Å². The molecule has 2 aromatic carbocycles. The van der Waals surface area contributed by atoms with E-state index in [4.69, 9.17) is 11.6 Å². The Morgan fingerprint density at radius 3 is 1.85 bits per heavy atom. The van der Waals surface area contributed by atoms with Crippen molar-refractivity contribution in [3.8, 4) is 0 Å². The summed E-state index contributed by atoms with van der Waals surface area (Å²) in [6.45, 7) is 2.09. The molecule has 0 spiro atoms. The Labute approximate surface area is 158 Å². The number of hydrogen-bond donors (Lipinski definition) is 0. The fraction of sp³-hybridized carbons (Fsp3) is 0.300. The van der Waals surface area contributed by atoms with Crippen molar-refractivity contribution in [2.75, 3.05) is 45.2 Å². The number of piperazine rings is 1. The topological polar surface area (TPSA) is 43.9 Å². The molecule has 3 rings (SSSR count). The van der Waals surface area contributed by atoms with Gasteiger partial charge in [-0.05, 0) is 36.4 Å². The summed E-state index contributed by atoms with van der Waals surface area (Å²) in [5, 5.41) is 0.547. The highest BCUT2D eigenvalue weighted by Gasteiger charge is 2.25. The molecule has 5 nitrogen and oxygen atoms in total. The highest BCUT2D eigenvalue weighted by Crippen LogP contribution is 2.17. The zero-order chi connectivity index (χ0) is 18.7. The van der Waals surface area contributed by atoms with Crippen LogP contribution in [-0.2, 0) is 0 Å². The molecule has 0 N–H and O–H groups in total. The molecule has 1 saturated heterocycles. The van der Waals surface area contributed by atoms with Gasteiger partial charge in [0.15, 0.2) is 0 Å². The van der Waals surface area contributed by atoms with Crippen LogP contribution in [0.1, 0.15) is 20.7 Å². The number of anilines is 1. The van der Waals surface area contributed by atoms with Crippen LogP contribution in [0.4, 0.5) is 5.69 Å². The van der Waals surface area contributed by atoms with E-state index >= 15 is 0 Å². The SMILES string of the molecule is CN(C)c1cccc(C(=O)N2CCN(C(=O)c3cccc(Cl)c3)CC2)c1. The van der Waals surface area contributed by atoms with Crippen LogP contribution in [0, 0.1) is 0 Å². The van der Waals surface area contributed by atoms with Crippen molar-refractivity contribution in [1.29, 1.82) is 0 Å². The minimum atomic E-state index is -0.0470. The smallest absolute Gasteiger partial charge is 0.254 e. The predicted molar refractivity (Wildman–Crippen MR) is 104 cm³/mol. The van der Waals surface area contributed by atoms with E-state index in [1.165, 1.54) is 0 Å². The fourth-order valence-electron chi connectivity index (χ4n) is 3.02. The van der Waals surface area contributed by atoms with Crippen molar-refractivity contribution in [3.63, 3.8) is 0 Å². The average Bonchev–Trinajstić information content (AvgIpc) is 2.67. The zero-order valence-electron chi connectivity index (χ0n) is 15.0. The summed E-state index contributed by atoms with van der Waals surface area (Å²) >= 11 is 5.97. The van der Waals surface area contributed by atoms with Crippen LogP contribution in [0.2, 0.25) is 5.02 Å². The number of benzene rings is 2. The number of carbonyl (C=O) groups excluding carboxylic acids is 2. The molecular weight excluding hydrogens is 350 g/mol. The molecule has 2 amide bonds. The first kappa shape index (κ1) is 18.3. The molecule has 0 aliphatic carbocycles. The number of amides is 2. The monoisotopic (exact) mass is 371 g/mol. The van der Waals surface area contributed by atoms with Crippen molar-refractivity contribution in [1.82, 2.24) is 9.80 Å². The third-order valence-electron chi connectivity index (χ3n) is 4.54. The maximum atomic E-state index is 12.8. The highest BCUT2D eigenvalue weighted by atomic mass is 35.5. The van der Waals surface area contributed by atoms with Crippen LogP contribution in [0.3, 0.4) is 0 Å². The number of carbonyl (C=O) groups is 2. The quantitative estimate of drug-likeness (QED) is 0.833. The lowest BCUT2D eigenvalue weighted by Gasteiger charge is -2.35. The summed E-state index contributed by atoms with van der Waals surface area (Å²) in [4.78, 5) is 30.9. The Morgan fingerprint density at radius 1 is 0.846 bits per heavy atom. The Kier molecular flexibility index (Phi) is 5.47. The standard InChI is InChI=1S/C20H22ClN3O2/c1-22(2)18-8-4-6-16(14-18)20(26)24-11-9-23(10-12-24)19(25)15-5-3-7-17(21)13-15/h3-8,13-14H,9-12H2,1-2H3. The van der Waals surface area contributed by atoms with Crippen molar-refractivity contribution in [2.24, 2.45) is 0 Å². The highest BCUT2D eigenvalue weighted by molar-refractivity contribution is 6.30. The van der Waals surface area contributed by atoms with E-state index < -0.39 is 0 Å². The number of hydrogen-bond acceptors (Lipinski definition) is 3. The van der Waals surface area contributed by atoms with Crippen molar-refractivity contribution < 1.29 is 9.59 Å². The summed E-state index contributed by atoms with van der Waals surface area (Å²) in [6, 6.07) is 14.5. The molecule has 136 valence electrons. The van der Waals surface area contributed by atoms with Gasteiger partial charge in [-0.3, -0.25) is 9.59 Å². The predicted octanol–water partition coefficient (Wildman–Crippen LogP) is 3.00. The van der Waals surface area contributed by atoms with Crippen LogP contribution in [0.15, 0.2) is 48.5 Å². The lowest BCUT2D eigenvalue weighted by atomic mass is 10.1. The average molecular weight is 372 g/mol. The first-order valence-electron chi connectivity index (χ1n) is 8.57. The summed E-state index contributed by atoms with van der Waals surface area (Å²) in [7, 11) is 3.90.